The minimum absolute atomic E-state index is 0.0361. The Morgan fingerprint density at radius 2 is 1.70 bits per heavy atom. The first-order valence-corrected chi connectivity index (χ1v) is 13.3. The smallest absolute Gasteiger partial charge is 0.421 e. The molecular formula is C28H28N2O6S. The number of carbonyl (C=O) groups is 1. The van der Waals surface area contributed by atoms with Gasteiger partial charge in [0.05, 0.1) is 23.7 Å². The number of amides is 1. The molecule has 1 unspecified atom stereocenters. The van der Waals surface area contributed by atoms with Crippen LogP contribution in [0.2, 0.25) is 0 Å². The Labute approximate surface area is 215 Å². The molecule has 0 aliphatic carbocycles. The molecular weight excluding hydrogens is 492 g/mol. The van der Waals surface area contributed by atoms with Gasteiger partial charge in [-0.05, 0) is 51.5 Å². The molecule has 0 bridgehead atoms. The molecule has 2 N–H and O–H groups in total. The molecule has 8 nitrogen and oxygen atoms in total. The lowest BCUT2D eigenvalue weighted by atomic mass is 9.99. The highest BCUT2D eigenvalue weighted by atomic mass is 32.2. The van der Waals surface area contributed by atoms with Crippen molar-refractivity contribution in [2.24, 2.45) is 0 Å². The van der Waals surface area contributed by atoms with Gasteiger partial charge < -0.3 is 14.5 Å². The number of sulfonamides is 1. The molecule has 0 saturated carbocycles. The molecule has 1 heterocycles. The molecule has 37 heavy (non-hydrogen) atoms. The van der Waals surface area contributed by atoms with Crippen LogP contribution in [0.25, 0.3) is 22.3 Å². The molecule has 4 rings (SSSR count). The van der Waals surface area contributed by atoms with Gasteiger partial charge in [0.25, 0.3) is 10.0 Å². The van der Waals surface area contributed by atoms with Crippen LogP contribution < -0.4 is 15.5 Å². The maximum Gasteiger partial charge on any atom is 0.421 e. The molecule has 1 atom stereocenters. The molecule has 0 fully saturated rings. The van der Waals surface area contributed by atoms with E-state index < -0.39 is 22.2 Å². The van der Waals surface area contributed by atoms with Crippen molar-refractivity contribution in [2.45, 2.75) is 38.6 Å². The van der Waals surface area contributed by atoms with Crippen molar-refractivity contribution in [3.63, 3.8) is 0 Å². The summed E-state index contributed by atoms with van der Waals surface area (Å²) in [5.41, 5.74) is 3.42. The standard InChI is InChI=1S/C28H28N2O6S/c1-5-35-28(32)30-37(33,34)24-14-10-9-13-23(24)29-19(4)21-15-17(2)16-22-25(31)18(3)26(36-27(21)22)20-11-7-6-8-12-20/h6-16,19,29H,5H2,1-4H3,(H,30,32). The number of nitrogens with one attached hydrogen (secondary N) is 2. The van der Waals surface area contributed by atoms with Crippen LogP contribution in [0, 0.1) is 13.8 Å². The third kappa shape index (κ3) is 5.36. The second kappa shape index (κ2) is 10.5. The number of hydrogen-bond donors (Lipinski definition) is 2. The van der Waals surface area contributed by atoms with Gasteiger partial charge in [-0.3, -0.25) is 4.79 Å². The first-order chi connectivity index (χ1) is 17.6. The van der Waals surface area contributed by atoms with Gasteiger partial charge in [0.2, 0.25) is 0 Å². The lowest BCUT2D eigenvalue weighted by Gasteiger charge is -2.20. The number of rotatable bonds is 7. The summed E-state index contributed by atoms with van der Waals surface area (Å²) in [5, 5.41) is 3.67. The molecule has 4 aromatic rings. The molecule has 192 valence electrons. The van der Waals surface area contributed by atoms with Crippen LogP contribution in [0.5, 0.6) is 0 Å². The van der Waals surface area contributed by atoms with Gasteiger partial charge in [-0.2, -0.15) is 0 Å². The van der Waals surface area contributed by atoms with Gasteiger partial charge >= 0.3 is 6.09 Å². The third-order valence-corrected chi connectivity index (χ3v) is 7.31. The first kappa shape index (κ1) is 26.0. The first-order valence-electron chi connectivity index (χ1n) is 11.8. The monoisotopic (exact) mass is 520 g/mol. The summed E-state index contributed by atoms with van der Waals surface area (Å²) < 4.78 is 38.8. The summed E-state index contributed by atoms with van der Waals surface area (Å²) >= 11 is 0. The minimum atomic E-state index is -4.21. The van der Waals surface area contributed by atoms with E-state index in [1.54, 1.807) is 38.1 Å². The van der Waals surface area contributed by atoms with Crippen molar-refractivity contribution >= 4 is 32.8 Å². The summed E-state index contributed by atoms with van der Waals surface area (Å²) in [7, 11) is -4.21. The summed E-state index contributed by atoms with van der Waals surface area (Å²) in [5.74, 6) is 0.483. The minimum Gasteiger partial charge on any atom is -0.455 e. The average molecular weight is 521 g/mol. The Bertz CT molecular complexity index is 1630. The van der Waals surface area contributed by atoms with Crippen molar-refractivity contribution in [3.8, 4) is 11.3 Å². The van der Waals surface area contributed by atoms with E-state index in [0.717, 1.165) is 11.1 Å². The predicted octanol–water partition coefficient (Wildman–Crippen LogP) is 5.68. The maximum absolute atomic E-state index is 13.3. The number of carbonyl (C=O) groups excluding carboxylic acids is 1. The van der Waals surface area contributed by atoms with E-state index in [1.165, 1.54) is 6.07 Å². The van der Waals surface area contributed by atoms with E-state index in [1.807, 2.05) is 55.0 Å². The fraction of sp³-hybridized carbons (Fsp3) is 0.214. The Balaban J connectivity index is 1.80. The van der Waals surface area contributed by atoms with Crippen molar-refractivity contribution in [3.05, 3.63) is 93.6 Å². The number of anilines is 1. The quantitative estimate of drug-likeness (QED) is 0.322. The van der Waals surface area contributed by atoms with Crippen LogP contribution in [-0.2, 0) is 14.8 Å². The molecule has 1 aromatic heterocycles. The number of benzene rings is 3. The van der Waals surface area contributed by atoms with E-state index in [4.69, 9.17) is 9.15 Å². The van der Waals surface area contributed by atoms with Crippen LogP contribution in [0.3, 0.4) is 0 Å². The Morgan fingerprint density at radius 1 is 1.03 bits per heavy atom. The molecule has 9 heteroatoms. The van der Waals surface area contributed by atoms with E-state index in [0.29, 0.717) is 27.9 Å². The van der Waals surface area contributed by atoms with E-state index in [9.17, 15) is 18.0 Å². The van der Waals surface area contributed by atoms with Crippen LogP contribution in [0.4, 0.5) is 10.5 Å². The Hall–Kier alpha value is -4.11. The predicted molar refractivity (Wildman–Crippen MR) is 143 cm³/mol. The lowest BCUT2D eigenvalue weighted by Crippen LogP contribution is -2.31. The molecule has 0 radical (unpaired) electrons. The highest BCUT2D eigenvalue weighted by molar-refractivity contribution is 7.90. The molecule has 1 amide bonds. The number of ether oxygens (including phenoxy) is 1. The van der Waals surface area contributed by atoms with Gasteiger partial charge in [-0.1, -0.05) is 48.5 Å². The number of hydrogen-bond acceptors (Lipinski definition) is 7. The summed E-state index contributed by atoms with van der Waals surface area (Å²) in [6.07, 6.45) is -1.05. The van der Waals surface area contributed by atoms with Gasteiger partial charge in [0.1, 0.15) is 16.2 Å². The third-order valence-electron chi connectivity index (χ3n) is 5.94. The van der Waals surface area contributed by atoms with Crippen LogP contribution in [0.15, 0.2) is 80.8 Å². The fourth-order valence-corrected chi connectivity index (χ4v) is 5.27. The second-order valence-electron chi connectivity index (χ2n) is 8.67. The zero-order valence-corrected chi connectivity index (χ0v) is 21.8. The molecule has 0 spiro atoms. The van der Waals surface area contributed by atoms with Crippen LogP contribution in [-0.4, -0.2) is 21.1 Å². The fourth-order valence-electron chi connectivity index (χ4n) is 4.21. The molecule has 0 aliphatic heterocycles. The summed E-state index contributed by atoms with van der Waals surface area (Å²) in [6, 6.07) is 18.9. The van der Waals surface area contributed by atoms with Crippen LogP contribution in [0.1, 0.15) is 36.6 Å². The summed E-state index contributed by atoms with van der Waals surface area (Å²) in [4.78, 5) is 25.0. The normalized spacial score (nSPS) is 12.2. The zero-order valence-electron chi connectivity index (χ0n) is 21.0. The highest BCUT2D eigenvalue weighted by Crippen LogP contribution is 2.33. The second-order valence-corrected chi connectivity index (χ2v) is 10.3. The number of para-hydroxylation sites is 1. The van der Waals surface area contributed by atoms with E-state index >= 15 is 0 Å². The average Bonchev–Trinajstić information content (AvgIpc) is 2.86. The van der Waals surface area contributed by atoms with E-state index in [2.05, 4.69) is 5.32 Å². The number of fused-ring (bicyclic) bond motifs is 1. The molecule has 0 aliphatic rings. The SMILES string of the molecule is CCOC(=O)NS(=O)(=O)c1ccccc1NC(C)c1cc(C)cc2c(=O)c(C)c(-c3ccccc3)oc12. The Morgan fingerprint density at radius 3 is 2.41 bits per heavy atom. The van der Waals surface area contributed by atoms with Gasteiger partial charge in [0.15, 0.2) is 5.43 Å². The maximum atomic E-state index is 13.3. The van der Waals surface area contributed by atoms with Crippen molar-refractivity contribution in [1.29, 1.82) is 0 Å². The number of aryl methyl sites for hydroxylation is 1. The Kier molecular flexibility index (Phi) is 7.35. The van der Waals surface area contributed by atoms with Crippen molar-refractivity contribution in [1.82, 2.24) is 4.72 Å². The van der Waals surface area contributed by atoms with Crippen LogP contribution >= 0.6 is 0 Å². The topological polar surface area (TPSA) is 115 Å². The lowest BCUT2D eigenvalue weighted by molar-refractivity contribution is 0.158. The molecule has 3 aromatic carbocycles. The van der Waals surface area contributed by atoms with E-state index in [-0.39, 0.29) is 22.6 Å². The highest BCUT2D eigenvalue weighted by Gasteiger charge is 2.24. The van der Waals surface area contributed by atoms with Crippen molar-refractivity contribution in [2.75, 3.05) is 11.9 Å². The van der Waals surface area contributed by atoms with Gasteiger partial charge in [0, 0.05) is 16.7 Å². The summed E-state index contributed by atoms with van der Waals surface area (Å²) in [6.45, 7) is 7.09. The van der Waals surface area contributed by atoms with Gasteiger partial charge in [-0.15, -0.1) is 0 Å². The largest absolute Gasteiger partial charge is 0.455 e. The van der Waals surface area contributed by atoms with Crippen molar-refractivity contribution < 1.29 is 22.4 Å². The molecule has 0 saturated heterocycles. The zero-order chi connectivity index (χ0) is 26.7. The van der Waals surface area contributed by atoms with Gasteiger partial charge in [-0.25, -0.2) is 17.9 Å².